The molecular weight excluding hydrogens is 244 g/mol. The standard InChI is InChI=1S/C15H18O4/c1-3-12-14(18-9(2)16)15-13(19-12)11-7-5-4-6-10(11)8-17-15/h4-7,12-15H,3,8H2,1-2H3/t12-,13-,14+,15+/m1/s1. The Balaban J connectivity index is 1.91. The molecular formula is C15H18O4. The van der Waals surface area contributed by atoms with E-state index in [1.807, 2.05) is 19.1 Å². The van der Waals surface area contributed by atoms with E-state index >= 15 is 0 Å². The summed E-state index contributed by atoms with van der Waals surface area (Å²) in [6.07, 6.45) is 0.0881. The quantitative estimate of drug-likeness (QED) is 0.768. The van der Waals surface area contributed by atoms with Crippen molar-refractivity contribution in [2.75, 3.05) is 0 Å². The summed E-state index contributed by atoms with van der Waals surface area (Å²) in [7, 11) is 0. The molecule has 19 heavy (non-hydrogen) atoms. The molecule has 4 heteroatoms. The summed E-state index contributed by atoms with van der Waals surface area (Å²) in [4.78, 5) is 11.2. The van der Waals surface area contributed by atoms with Crippen molar-refractivity contribution >= 4 is 5.97 Å². The molecule has 102 valence electrons. The molecule has 4 nitrogen and oxygen atoms in total. The second kappa shape index (κ2) is 4.94. The maximum Gasteiger partial charge on any atom is 0.303 e. The van der Waals surface area contributed by atoms with E-state index < -0.39 is 0 Å². The lowest BCUT2D eigenvalue weighted by Crippen LogP contribution is -2.38. The van der Waals surface area contributed by atoms with Gasteiger partial charge < -0.3 is 14.2 Å². The fourth-order valence-corrected chi connectivity index (χ4v) is 2.95. The van der Waals surface area contributed by atoms with E-state index in [1.165, 1.54) is 6.92 Å². The third-order valence-electron chi connectivity index (χ3n) is 3.81. The van der Waals surface area contributed by atoms with Crippen LogP contribution in [0.3, 0.4) is 0 Å². The molecule has 0 saturated carbocycles. The van der Waals surface area contributed by atoms with E-state index in [-0.39, 0.29) is 30.4 Å². The molecule has 1 saturated heterocycles. The number of ether oxygens (including phenoxy) is 3. The molecule has 3 rings (SSSR count). The van der Waals surface area contributed by atoms with Gasteiger partial charge in [-0.2, -0.15) is 0 Å². The molecule has 0 aliphatic carbocycles. The van der Waals surface area contributed by atoms with Gasteiger partial charge in [0.2, 0.25) is 0 Å². The third-order valence-corrected chi connectivity index (χ3v) is 3.81. The summed E-state index contributed by atoms with van der Waals surface area (Å²) >= 11 is 0. The maximum atomic E-state index is 11.2. The average Bonchev–Trinajstić information content (AvgIpc) is 2.76. The predicted octanol–water partition coefficient (Wildman–Crippen LogP) is 2.37. The van der Waals surface area contributed by atoms with Crippen LogP contribution in [0.4, 0.5) is 0 Å². The molecule has 0 radical (unpaired) electrons. The molecule has 0 spiro atoms. The van der Waals surface area contributed by atoms with Crippen LogP contribution in [0.15, 0.2) is 24.3 Å². The largest absolute Gasteiger partial charge is 0.457 e. The van der Waals surface area contributed by atoms with E-state index in [4.69, 9.17) is 14.2 Å². The van der Waals surface area contributed by atoms with Crippen molar-refractivity contribution in [3.05, 3.63) is 35.4 Å². The van der Waals surface area contributed by atoms with Crippen LogP contribution in [0.2, 0.25) is 0 Å². The van der Waals surface area contributed by atoms with Gasteiger partial charge in [0, 0.05) is 6.92 Å². The SMILES string of the molecule is CC[C@H]1O[C@@H]2c3ccccc3CO[C@@H]2[C@H]1OC(C)=O. The van der Waals surface area contributed by atoms with E-state index in [1.54, 1.807) is 0 Å². The minimum absolute atomic E-state index is 0.0925. The molecule has 2 aliphatic heterocycles. The first-order valence-electron chi connectivity index (χ1n) is 6.72. The highest BCUT2D eigenvalue weighted by Gasteiger charge is 2.49. The summed E-state index contributed by atoms with van der Waals surface area (Å²) in [5.41, 5.74) is 2.31. The lowest BCUT2D eigenvalue weighted by Gasteiger charge is -2.29. The van der Waals surface area contributed by atoms with Gasteiger partial charge in [0.25, 0.3) is 0 Å². The van der Waals surface area contributed by atoms with Gasteiger partial charge in [-0.3, -0.25) is 4.79 Å². The van der Waals surface area contributed by atoms with Crippen molar-refractivity contribution in [3.63, 3.8) is 0 Å². The van der Waals surface area contributed by atoms with Crippen molar-refractivity contribution in [2.45, 2.75) is 51.3 Å². The predicted molar refractivity (Wildman–Crippen MR) is 68.5 cm³/mol. The summed E-state index contributed by atoms with van der Waals surface area (Å²) < 4.78 is 17.3. The molecule has 0 amide bonds. The molecule has 2 aliphatic rings. The Kier molecular flexibility index (Phi) is 3.29. The zero-order valence-corrected chi connectivity index (χ0v) is 11.2. The van der Waals surface area contributed by atoms with Crippen LogP contribution in [-0.4, -0.2) is 24.3 Å². The highest BCUT2D eigenvalue weighted by molar-refractivity contribution is 5.66. The molecule has 0 bridgehead atoms. The lowest BCUT2D eigenvalue weighted by atomic mass is 9.94. The summed E-state index contributed by atoms with van der Waals surface area (Å²) in [6.45, 7) is 4.01. The Morgan fingerprint density at radius 2 is 2.21 bits per heavy atom. The average molecular weight is 262 g/mol. The van der Waals surface area contributed by atoms with Gasteiger partial charge >= 0.3 is 5.97 Å². The van der Waals surface area contributed by atoms with Crippen molar-refractivity contribution < 1.29 is 19.0 Å². The Morgan fingerprint density at radius 3 is 2.95 bits per heavy atom. The van der Waals surface area contributed by atoms with Crippen molar-refractivity contribution in [1.82, 2.24) is 0 Å². The van der Waals surface area contributed by atoms with E-state index in [0.717, 1.165) is 17.5 Å². The van der Waals surface area contributed by atoms with Crippen LogP contribution in [0, 0.1) is 0 Å². The van der Waals surface area contributed by atoms with Crippen LogP contribution in [0.1, 0.15) is 37.5 Å². The molecule has 2 heterocycles. The van der Waals surface area contributed by atoms with Gasteiger partial charge in [0.05, 0.1) is 12.7 Å². The molecule has 1 aromatic carbocycles. The Morgan fingerprint density at radius 1 is 1.42 bits per heavy atom. The number of carbonyl (C=O) groups is 1. The molecule has 1 fully saturated rings. The highest BCUT2D eigenvalue weighted by atomic mass is 16.6. The third kappa shape index (κ3) is 2.15. The van der Waals surface area contributed by atoms with Gasteiger partial charge in [0.1, 0.15) is 12.2 Å². The van der Waals surface area contributed by atoms with Gasteiger partial charge in [-0.15, -0.1) is 0 Å². The zero-order valence-electron chi connectivity index (χ0n) is 11.2. The van der Waals surface area contributed by atoms with E-state index in [9.17, 15) is 4.79 Å². The van der Waals surface area contributed by atoms with Gasteiger partial charge in [-0.05, 0) is 17.5 Å². The topological polar surface area (TPSA) is 44.8 Å². The first-order chi connectivity index (χ1) is 9.20. The highest BCUT2D eigenvalue weighted by Crippen LogP contribution is 2.42. The van der Waals surface area contributed by atoms with Crippen LogP contribution in [0.25, 0.3) is 0 Å². The minimum atomic E-state index is -0.305. The number of rotatable bonds is 2. The summed E-state index contributed by atoms with van der Waals surface area (Å²) in [5, 5.41) is 0. The minimum Gasteiger partial charge on any atom is -0.457 e. The summed E-state index contributed by atoms with van der Waals surface area (Å²) in [5.74, 6) is -0.282. The van der Waals surface area contributed by atoms with Gasteiger partial charge in [0.15, 0.2) is 6.10 Å². The fourth-order valence-electron chi connectivity index (χ4n) is 2.95. The summed E-state index contributed by atoms with van der Waals surface area (Å²) in [6, 6.07) is 8.12. The Bertz CT molecular complexity index is 485. The first kappa shape index (κ1) is 12.6. The van der Waals surface area contributed by atoms with Crippen molar-refractivity contribution in [2.24, 2.45) is 0 Å². The van der Waals surface area contributed by atoms with Crippen LogP contribution in [0.5, 0.6) is 0 Å². The van der Waals surface area contributed by atoms with Crippen molar-refractivity contribution in [3.8, 4) is 0 Å². The lowest BCUT2D eigenvalue weighted by molar-refractivity contribution is -0.155. The smallest absolute Gasteiger partial charge is 0.303 e. The van der Waals surface area contributed by atoms with E-state index in [0.29, 0.717) is 6.61 Å². The maximum absolute atomic E-state index is 11.2. The van der Waals surface area contributed by atoms with Gasteiger partial charge in [-0.25, -0.2) is 0 Å². The van der Waals surface area contributed by atoms with Crippen LogP contribution < -0.4 is 0 Å². The molecule has 0 aromatic heterocycles. The Labute approximate surface area is 112 Å². The number of hydrogen-bond acceptors (Lipinski definition) is 4. The number of carbonyl (C=O) groups excluding carboxylic acids is 1. The molecule has 0 N–H and O–H groups in total. The van der Waals surface area contributed by atoms with E-state index in [2.05, 4.69) is 12.1 Å². The second-order valence-corrected chi connectivity index (χ2v) is 5.05. The monoisotopic (exact) mass is 262 g/mol. The number of benzene rings is 1. The number of hydrogen-bond donors (Lipinski definition) is 0. The Hall–Kier alpha value is -1.39. The molecule has 1 aromatic rings. The fraction of sp³-hybridized carbons (Fsp3) is 0.533. The zero-order chi connectivity index (χ0) is 13.4. The molecule has 0 unspecified atom stereocenters. The van der Waals surface area contributed by atoms with Crippen molar-refractivity contribution in [1.29, 1.82) is 0 Å². The molecule has 4 atom stereocenters. The number of fused-ring (bicyclic) bond motifs is 3. The normalized spacial score (nSPS) is 32.5. The second-order valence-electron chi connectivity index (χ2n) is 5.05. The van der Waals surface area contributed by atoms with Gasteiger partial charge in [-0.1, -0.05) is 31.2 Å². The van der Waals surface area contributed by atoms with Crippen LogP contribution in [-0.2, 0) is 25.6 Å². The van der Waals surface area contributed by atoms with Crippen LogP contribution >= 0.6 is 0 Å². The first-order valence-corrected chi connectivity index (χ1v) is 6.72. The number of esters is 1.